The minimum atomic E-state index is -0.756. The minimum Gasteiger partial charge on any atom is -0.481 e. The van der Waals surface area contributed by atoms with Crippen molar-refractivity contribution in [2.24, 2.45) is 0 Å². The molecule has 0 radical (unpaired) electrons. The molecule has 0 saturated heterocycles. The van der Waals surface area contributed by atoms with E-state index in [2.05, 4.69) is 10.6 Å². The molecule has 0 saturated carbocycles. The Balaban J connectivity index is 2.03. The monoisotopic (exact) mass is 312 g/mol. The Morgan fingerprint density at radius 1 is 1.10 bits per heavy atom. The van der Waals surface area contributed by atoms with Crippen LogP contribution in [0.15, 0.2) is 24.3 Å². The topological polar surface area (TPSA) is 78.4 Å². The number of aliphatic carboxylic acids is 1. The van der Waals surface area contributed by atoms with Crippen molar-refractivity contribution in [2.75, 3.05) is 6.54 Å². The van der Waals surface area contributed by atoms with Crippen LogP contribution in [0.2, 0.25) is 5.02 Å². The minimum absolute atomic E-state index is 0.208. The zero-order valence-corrected chi connectivity index (χ0v) is 12.7. The lowest BCUT2D eigenvalue weighted by Gasteiger charge is -2.08. The van der Waals surface area contributed by atoms with Crippen LogP contribution in [-0.4, -0.2) is 23.7 Å². The van der Waals surface area contributed by atoms with E-state index in [0.29, 0.717) is 24.5 Å². The summed E-state index contributed by atoms with van der Waals surface area (Å²) in [5, 5.41) is 14.7. The number of hydrogen-bond donors (Lipinski definition) is 3. The molecule has 1 aromatic carbocycles. The molecule has 0 heterocycles. The third-order valence-electron chi connectivity index (χ3n) is 2.95. The molecule has 0 aromatic heterocycles. The van der Waals surface area contributed by atoms with Gasteiger partial charge >= 0.3 is 12.0 Å². The van der Waals surface area contributed by atoms with Crippen molar-refractivity contribution in [2.45, 2.75) is 38.6 Å². The lowest BCUT2D eigenvalue weighted by Crippen LogP contribution is -2.35. The highest BCUT2D eigenvalue weighted by atomic mass is 35.5. The molecule has 5 nitrogen and oxygen atoms in total. The van der Waals surface area contributed by atoms with Gasteiger partial charge in [-0.05, 0) is 30.5 Å². The fourth-order valence-electron chi connectivity index (χ4n) is 1.85. The Morgan fingerprint density at radius 3 is 2.57 bits per heavy atom. The van der Waals surface area contributed by atoms with Crippen molar-refractivity contribution in [3.63, 3.8) is 0 Å². The molecule has 6 heteroatoms. The second-order valence-electron chi connectivity index (χ2n) is 4.80. The number of carbonyl (C=O) groups excluding carboxylic acids is 1. The number of amides is 2. The van der Waals surface area contributed by atoms with E-state index < -0.39 is 5.97 Å². The smallest absolute Gasteiger partial charge is 0.315 e. The molecule has 0 atom stereocenters. The van der Waals surface area contributed by atoms with Gasteiger partial charge in [0.1, 0.15) is 0 Å². The maximum absolute atomic E-state index is 11.5. The van der Waals surface area contributed by atoms with E-state index >= 15 is 0 Å². The summed E-state index contributed by atoms with van der Waals surface area (Å²) < 4.78 is 0. The van der Waals surface area contributed by atoms with Gasteiger partial charge in [0.25, 0.3) is 0 Å². The van der Waals surface area contributed by atoms with Crippen molar-refractivity contribution < 1.29 is 14.7 Å². The van der Waals surface area contributed by atoms with Crippen molar-refractivity contribution in [3.05, 3.63) is 34.9 Å². The van der Waals surface area contributed by atoms with Gasteiger partial charge < -0.3 is 15.7 Å². The van der Waals surface area contributed by atoms with Crippen molar-refractivity contribution in [3.8, 4) is 0 Å². The third kappa shape index (κ3) is 8.92. The second-order valence-corrected chi connectivity index (χ2v) is 5.23. The van der Waals surface area contributed by atoms with E-state index in [1.165, 1.54) is 0 Å². The van der Waals surface area contributed by atoms with Crippen molar-refractivity contribution in [1.29, 1.82) is 0 Å². The first-order chi connectivity index (χ1) is 10.1. The number of carboxylic acid groups (broad SMARTS) is 1. The van der Waals surface area contributed by atoms with Gasteiger partial charge in [0.05, 0.1) is 0 Å². The maximum Gasteiger partial charge on any atom is 0.315 e. The van der Waals surface area contributed by atoms with Crippen LogP contribution in [0.5, 0.6) is 0 Å². The molecule has 0 unspecified atom stereocenters. The van der Waals surface area contributed by atoms with Crippen LogP contribution >= 0.6 is 11.6 Å². The van der Waals surface area contributed by atoms with Crippen LogP contribution in [0, 0.1) is 0 Å². The Morgan fingerprint density at radius 2 is 1.86 bits per heavy atom. The summed E-state index contributed by atoms with van der Waals surface area (Å²) in [6, 6.07) is 7.13. The number of hydrogen-bond acceptors (Lipinski definition) is 2. The summed E-state index contributed by atoms with van der Waals surface area (Å²) in [5.41, 5.74) is 0.950. The first-order valence-electron chi connectivity index (χ1n) is 7.06. The molecule has 1 rings (SSSR count). The molecule has 3 N–H and O–H groups in total. The van der Waals surface area contributed by atoms with Gasteiger partial charge in [-0.3, -0.25) is 4.79 Å². The summed E-state index contributed by atoms with van der Waals surface area (Å²) in [5.74, 6) is -0.756. The normalized spacial score (nSPS) is 10.1. The van der Waals surface area contributed by atoms with Gasteiger partial charge in [-0.15, -0.1) is 0 Å². The van der Waals surface area contributed by atoms with Crippen molar-refractivity contribution in [1.82, 2.24) is 10.6 Å². The molecule has 0 aliphatic rings. The summed E-state index contributed by atoms with van der Waals surface area (Å²) >= 11 is 5.86. The number of urea groups is 1. The Bertz CT molecular complexity index is 466. The highest BCUT2D eigenvalue weighted by molar-refractivity contribution is 6.30. The molecular weight excluding hydrogens is 292 g/mol. The second kappa shape index (κ2) is 10.0. The zero-order chi connectivity index (χ0) is 15.5. The molecule has 116 valence electrons. The maximum atomic E-state index is 11.5. The number of halogens is 1. The molecule has 0 fully saturated rings. The summed E-state index contributed by atoms with van der Waals surface area (Å²) in [6.45, 7) is 1.03. The Kier molecular flexibility index (Phi) is 8.28. The molecule has 0 aliphatic carbocycles. The third-order valence-corrected chi connectivity index (χ3v) is 3.18. The largest absolute Gasteiger partial charge is 0.481 e. The number of carbonyl (C=O) groups is 2. The molecular formula is C15H21ClN2O3. The van der Waals surface area contributed by atoms with Gasteiger partial charge in [-0.2, -0.15) is 0 Å². The molecule has 0 spiro atoms. The highest BCUT2D eigenvalue weighted by Crippen LogP contribution is 2.10. The fraction of sp³-hybridized carbons (Fsp3) is 0.467. The van der Waals surface area contributed by atoms with E-state index in [1.54, 1.807) is 6.07 Å². The van der Waals surface area contributed by atoms with Gasteiger partial charge in [-0.1, -0.05) is 36.6 Å². The summed E-state index contributed by atoms with van der Waals surface area (Å²) in [6.07, 6.45) is 3.55. The average molecular weight is 313 g/mol. The fourth-order valence-corrected chi connectivity index (χ4v) is 2.06. The van der Waals surface area contributed by atoms with Gasteiger partial charge in [0, 0.05) is 24.5 Å². The van der Waals surface area contributed by atoms with E-state index in [1.807, 2.05) is 18.2 Å². The first kappa shape index (κ1) is 17.3. The number of carboxylic acids is 1. The summed E-state index contributed by atoms with van der Waals surface area (Å²) in [4.78, 5) is 21.9. The average Bonchev–Trinajstić information content (AvgIpc) is 2.44. The predicted molar refractivity (Wildman–Crippen MR) is 82.4 cm³/mol. The van der Waals surface area contributed by atoms with Crippen LogP contribution in [0.3, 0.4) is 0 Å². The Hall–Kier alpha value is -1.75. The molecule has 21 heavy (non-hydrogen) atoms. The Labute approximate surface area is 129 Å². The number of rotatable bonds is 9. The standard InChI is InChI=1S/C15H21ClN2O3/c16-13-7-5-6-12(10-13)11-18-15(21)17-9-4-2-1-3-8-14(19)20/h5-7,10H,1-4,8-9,11H2,(H,19,20)(H2,17,18,21). The van der Waals surface area contributed by atoms with Gasteiger partial charge in [0.15, 0.2) is 0 Å². The number of benzene rings is 1. The zero-order valence-electron chi connectivity index (χ0n) is 11.9. The first-order valence-corrected chi connectivity index (χ1v) is 7.43. The van der Waals surface area contributed by atoms with Crippen molar-refractivity contribution >= 4 is 23.6 Å². The van der Waals surface area contributed by atoms with Gasteiger partial charge in [0.2, 0.25) is 0 Å². The SMILES string of the molecule is O=C(O)CCCCCCNC(=O)NCc1cccc(Cl)c1. The molecule has 0 aliphatic heterocycles. The van der Waals surface area contributed by atoms with E-state index in [-0.39, 0.29) is 12.5 Å². The summed E-state index contributed by atoms with van der Waals surface area (Å²) in [7, 11) is 0. The number of unbranched alkanes of at least 4 members (excludes halogenated alkanes) is 3. The lowest BCUT2D eigenvalue weighted by molar-refractivity contribution is -0.137. The molecule has 2 amide bonds. The van der Waals surface area contributed by atoms with Crippen LogP contribution in [0.25, 0.3) is 0 Å². The van der Waals surface area contributed by atoms with Crippen LogP contribution < -0.4 is 10.6 Å². The van der Waals surface area contributed by atoms with E-state index in [4.69, 9.17) is 16.7 Å². The number of nitrogens with one attached hydrogen (secondary N) is 2. The lowest BCUT2D eigenvalue weighted by atomic mass is 10.1. The molecule has 0 bridgehead atoms. The van der Waals surface area contributed by atoms with Gasteiger partial charge in [-0.25, -0.2) is 4.79 Å². The van der Waals surface area contributed by atoms with E-state index in [0.717, 1.165) is 24.8 Å². The van der Waals surface area contributed by atoms with E-state index in [9.17, 15) is 9.59 Å². The van der Waals surface area contributed by atoms with Crippen LogP contribution in [0.4, 0.5) is 4.79 Å². The quantitative estimate of drug-likeness (QED) is 0.613. The van der Waals surface area contributed by atoms with Crippen LogP contribution in [0.1, 0.15) is 37.7 Å². The van der Waals surface area contributed by atoms with Crippen LogP contribution in [-0.2, 0) is 11.3 Å². The predicted octanol–water partition coefficient (Wildman–Crippen LogP) is 3.17. The molecule has 1 aromatic rings. The highest BCUT2D eigenvalue weighted by Gasteiger charge is 2.01.